The fourth-order valence-corrected chi connectivity index (χ4v) is 5.70. The molecule has 4 aliphatic carbocycles. The van der Waals surface area contributed by atoms with E-state index < -0.39 is 0 Å². The summed E-state index contributed by atoms with van der Waals surface area (Å²) in [6.07, 6.45) is 9.64. The van der Waals surface area contributed by atoms with Gasteiger partial charge in [-0.2, -0.15) is 0 Å². The highest BCUT2D eigenvalue weighted by atomic mass is 16.1. The predicted octanol–water partition coefficient (Wildman–Crippen LogP) is 2.39. The minimum Gasteiger partial charge on any atom is -0.342 e. The molecule has 15 heavy (non-hydrogen) atoms. The van der Waals surface area contributed by atoms with Gasteiger partial charge in [-0.3, -0.25) is 4.79 Å². The van der Waals surface area contributed by atoms with Crippen LogP contribution in [0, 0.1) is 16.7 Å². The van der Waals surface area contributed by atoms with Crippen LogP contribution in [-0.2, 0) is 4.79 Å². The van der Waals surface area contributed by atoms with E-state index in [0.717, 1.165) is 5.92 Å². The van der Waals surface area contributed by atoms with E-state index in [1.807, 2.05) is 6.41 Å². The second-order valence-corrected chi connectivity index (χ2v) is 7.14. The Balaban J connectivity index is 1.98. The predicted molar refractivity (Wildman–Crippen MR) is 59.0 cm³/mol. The highest BCUT2D eigenvalue weighted by Crippen LogP contribution is 2.66. The molecular weight excluding hydrogens is 186 g/mol. The van der Waals surface area contributed by atoms with Crippen LogP contribution >= 0.6 is 0 Å². The van der Waals surface area contributed by atoms with Crippen LogP contribution in [0.1, 0.15) is 52.4 Å². The van der Waals surface area contributed by atoms with Crippen molar-refractivity contribution < 1.29 is 4.79 Å². The first kappa shape index (κ1) is 9.68. The standard InChI is InChI=1S/C13H20NO/c1-11-3-10-4-12(2,6-11)8-13(5-10,7-11)14-9-15/h10H,3-8H2,1-2H3,(H,14,15)/t10?,11-,12+,13?. The van der Waals surface area contributed by atoms with Crippen molar-refractivity contribution in [2.24, 2.45) is 16.7 Å². The summed E-state index contributed by atoms with van der Waals surface area (Å²) in [7, 11) is 0. The van der Waals surface area contributed by atoms with Gasteiger partial charge in [0.15, 0.2) is 0 Å². The van der Waals surface area contributed by atoms with E-state index in [2.05, 4.69) is 19.2 Å². The van der Waals surface area contributed by atoms with Gasteiger partial charge in [-0.1, -0.05) is 13.8 Å². The molecule has 0 saturated heterocycles. The molecule has 2 nitrogen and oxygen atoms in total. The summed E-state index contributed by atoms with van der Waals surface area (Å²) >= 11 is 0. The van der Waals surface area contributed by atoms with Crippen molar-refractivity contribution in [1.29, 1.82) is 0 Å². The molecule has 83 valence electrons. The monoisotopic (exact) mass is 206 g/mol. The van der Waals surface area contributed by atoms with Crippen molar-refractivity contribution in [3.8, 4) is 0 Å². The maximum absolute atomic E-state index is 10.7. The van der Waals surface area contributed by atoms with E-state index in [1.54, 1.807) is 0 Å². The Labute approximate surface area is 91.8 Å². The first-order chi connectivity index (χ1) is 6.97. The molecule has 4 bridgehead atoms. The van der Waals surface area contributed by atoms with Crippen LogP contribution in [0.5, 0.6) is 0 Å². The lowest BCUT2D eigenvalue weighted by Crippen LogP contribution is -2.63. The van der Waals surface area contributed by atoms with Crippen LogP contribution in [0.25, 0.3) is 0 Å². The van der Waals surface area contributed by atoms with E-state index in [9.17, 15) is 4.79 Å². The molecule has 0 heterocycles. The molecule has 0 spiro atoms. The van der Waals surface area contributed by atoms with Crippen molar-refractivity contribution in [2.75, 3.05) is 0 Å². The zero-order chi connectivity index (χ0) is 10.7. The average Bonchev–Trinajstić information content (AvgIpc) is 1.94. The van der Waals surface area contributed by atoms with Gasteiger partial charge in [-0.05, 0) is 55.3 Å². The molecule has 4 rings (SSSR count). The third kappa shape index (κ3) is 1.33. The third-order valence-electron chi connectivity index (χ3n) is 4.94. The first-order valence-electron chi connectivity index (χ1n) is 6.11. The van der Waals surface area contributed by atoms with Crippen molar-refractivity contribution >= 4 is 6.41 Å². The summed E-state index contributed by atoms with van der Waals surface area (Å²) in [5.41, 5.74) is 1.07. The summed E-state index contributed by atoms with van der Waals surface area (Å²) < 4.78 is 0. The number of hydrogen-bond acceptors (Lipinski definition) is 1. The largest absolute Gasteiger partial charge is 0.342 e. The molecule has 4 aliphatic rings. The van der Waals surface area contributed by atoms with Crippen LogP contribution in [-0.4, -0.2) is 11.9 Å². The molecule has 4 atom stereocenters. The fraction of sp³-hybridized carbons (Fsp3) is 0.923. The van der Waals surface area contributed by atoms with Gasteiger partial charge in [0.25, 0.3) is 0 Å². The SMILES string of the molecule is C[C@]12CC3CC(N[C]=O)(C1)C[C@@](C)(C3)C2. The molecule has 2 heteroatoms. The van der Waals surface area contributed by atoms with Gasteiger partial charge in [-0.25, -0.2) is 0 Å². The molecule has 4 fully saturated rings. The van der Waals surface area contributed by atoms with Gasteiger partial charge in [0.05, 0.1) is 0 Å². The molecular formula is C13H20NO. The van der Waals surface area contributed by atoms with Gasteiger partial charge in [0, 0.05) is 5.54 Å². The summed E-state index contributed by atoms with van der Waals surface area (Å²) in [6, 6.07) is 0. The minimum absolute atomic E-state index is 0.102. The first-order valence-corrected chi connectivity index (χ1v) is 6.11. The minimum atomic E-state index is 0.102. The van der Waals surface area contributed by atoms with Gasteiger partial charge < -0.3 is 5.32 Å². The molecule has 1 radical (unpaired) electrons. The maximum Gasteiger partial charge on any atom is 0.309 e. The number of hydrogen-bond donors (Lipinski definition) is 1. The van der Waals surface area contributed by atoms with E-state index in [1.165, 1.54) is 38.5 Å². The lowest BCUT2D eigenvalue weighted by atomic mass is 9.43. The highest BCUT2D eigenvalue weighted by Gasteiger charge is 2.60. The van der Waals surface area contributed by atoms with Crippen LogP contribution in [0.3, 0.4) is 0 Å². The van der Waals surface area contributed by atoms with Crippen molar-refractivity contribution in [1.82, 2.24) is 5.32 Å². The molecule has 4 saturated carbocycles. The summed E-state index contributed by atoms with van der Waals surface area (Å²) in [5.74, 6) is 0.845. The maximum atomic E-state index is 10.7. The van der Waals surface area contributed by atoms with Gasteiger partial charge in [0.2, 0.25) is 0 Å². The van der Waals surface area contributed by atoms with Crippen LogP contribution in [0.2, 0.25) is 0 Å². The number of nitrogens with one attached hydrogen (secondary N) is 1. The van der Waals surface area contributed by atoms with E-state index >= 15 is 0 Å². The Hall–Kier alpha value is -0.530. The van der Waals surface area contributed by atoms with Gasteiger partial charge in [0.1, 0.15) is 0 Å². The topological polar surface area (TPSA) is 29.1 Å². The van der Waals surface area contributed by atoms with Crippen LogP contribution < -0.4 is 5.32 Å². The van der Waals surface area contributed by atoms with Crippen LogP contribution in [0.4, 0.5) is 0 Å². The second-order valence-electron chi connectivity index (χ2n) is 7.14. The molecule has 1 amide bonds. The lowest BCUT2D eigenvalue weighted by molar-refractivity contribution is -0.111. The number of carbonyl (C=O) groups excluding carboxylic acids is 1. The zero-order valence-corrected chi connectivity index (χ0v) is 9.73. The zero-order valence-electron chi connectivity index (χ0n) is 9.73. The molecule has 0 aromatic carbocycles. The molecule has 0 aliphatic heterocycles. The Kier molecular flexibility index (Phi) is 1.67. The van der Waals surface area contributed by atoms with Crippen molar-refractivity contribution in [3.05, 3.63) is 0 Å². The number of rotatable bonds is 2. The quantitative estimate of drug-likeness (QED) is 0.691. The van der Waals surface area contributed by atoms with Gasteiger partial charge in [-0.15, -0.1) is 0 Å². The van der Waals surface area contributed by atoms with Crippen molar-refractivity contribution in [2.45, 2.75) is 57.9 Å². The smallest absolute Gasteiger partial charge is 0.309 e. The fourth-order valence-electron chi connectivity index (χ4n) is 5.70. The van der Waals surface area contributed by atoms with Crippen molar-refractivity contribution in [3.63, 3.8) is 0 Å². The third-order valence-corrected chi connectivity index (χ3v) is 4.94. The summed E-state index contributed by atoms with van der Waals surface area (Å²) in [4.78, 5) is 10.7. The molecule has 0 aromatic heterocycles. The second kappa shape index (κ2) is 2.58. The normalized spacial score (nSPS) is 56.8. The molecule has 0 aromatic rings. The Morgan fingerprint density at radius 3 is 2.13 bits per heavy atom. The van der Waals surface area contributed by atoms with E-state index in [0.29, 0.717) is 10.8 Å². The average molecular weight is 206 g/mol. The summed E-state index contributed by atoms with van der Waals surface area (Å²) in [6.45, 7) is 4.83. The highest BCUT2D eigenvalue weighted by molar-refractivity contribution is 5.49. The van der Waals surface area contributed by atoms with E-state index in [4.69, 9.17) is 0 Å². The van der Waals surface area contributed by atoms with E-state index in [-0.39, 0.29) is 5.54 Å². The summed E-state index contributed by atoms with van der Waals surface area (Å²) in [5, 5.41) is 3.04. The Morgan fingerprint density at radius 1 is 1.07 bits per heavy atom. The van der Waals surface area contributed by atoms with Crippen LogP contribution in [0.15, 0.2) is 0 Å². The lowest BCUT2D eigenvalue weighted by Gasteiger charge is -2.65. The molecule has 2 unspecified atom stereocenters. The van der Waals surface area contributed by atoms with Gasteiger partial charge >= 0.3 is 6.41 Å². The Morgan fingerprint density at radius 2 is 1.67 bits per heavy atom. The number of amides is 1. The Bertz CT molecular complexity index is 294. The molecule has 1 N–H and O–H groups in total.